The van der Waals surface area contributed by atoms with Gasteiger partial charge in [0.25, 0.3) is 0 Å². The molecule has 3 heteroatoms. The van der Waals surface area contributed by atoms with Crippen LogP contribution in [0, 0.1) is 5.92 Å². The molecule has 2 aliphatic rings. The summed E-state index contributed by atoms with van der Waals surface area (Å²) in [6.45, 7) is 6.60. The zero-order valence-corrected chi connectivity index (χ0v) is 11.9. The lowest BCUT2D eigenvalue weighted by Gasteiger charge is -2.40. The topological polar surface area (TPSA) is 38.5 Å². The SMILES string of the molecule is CCC1CCCN(CCCC2CCCO2)C1CN. The van der Waals surface area contributed by atoms with Gasteiger partial charge in [0.2, 0.25) is 0 Å². The van der Waals surface area contributed by atoms with Crippen molar-refractivity contribution in [3.05, 3.63) is 0 Å². The van der Waals surface area contributed by atoms with E-state index in [1.807, 2.05) is 0 Å². The van der Waals surface area contributed by atoms with Gasteiger partial charge in [0.05, 0.1) is 6.10 Å². The highest BCUT2D eigenvalue weighted by Gasteiger charge is 2.28. The highest BCUT2D eigenvalue weighted by Crippen LogP contribution is 2.26. The lowest BCUT2D eigenvalue weighted by Crippen LogP contribution is -2.49. The normalized spacial score (nSPS) is 34.0. The standard InChI is InChI=1S/C15H30N2O/c1-2-13-6-3-9-17(15(13)12-16)10-4-7-14-8-5-11-18-14/h13-15H,2-12,16H2,1H3. The van der Waals surface area contributed by atoms with Gasteiger partial charge in [-0.1, -0.05) is 13.3 Å². The molecule has 0 radical (unpaired) electrons. The summed E-state index contributed by atoms with van der Waals surface area (Å²) in [5, 5.41) is 0. The quantitative estimate of drug-likeness (QED) is 0.791. The molecule has 2 aliphatic heterocycles. The first-order chi connectivity index (χ1) is 8.85. The molecule has 2 rings (SSSR count). The van der Waals surface area contributed by atoms with Crippen LogP contribution in [0.4, 0.5) is 0 Å². The summed E-state index contributed by atoms with van der Waals surface area (Å²) in [6, 6.07) is 0.633. The summed E-state index contributed by atoms with van der Waals surface area (Å²) in [6.07, 6.45) is 9.62. The van der Waals surface area contributed by atoms with Crippen LogP contribution in [0.2, 0.25) is 0 Å². The molecule has 0 aromatic heterocycles. The van der Waals surface area contributed by atoms with Crippen LogP contribution < -0.4 is 5.73 Å². The van der Waals surface area contributed by atoms with Crippen molar-refractivity contribution in [2.45, 2.75) is 64.0 Å². The van der Waals surface area contributed by atoms with Crippen LogP contribution in [0.5, 0.6) is 0 Å². The molecule has 2 N–H and O–H groups in total. The van der Waals surface area contributed by atoms with Crippen molar-refractivity contribution in [1.29, 1.82) is 0 Å². The minimum Gasteiger partial charge on any atom is -0.378 e. The molecular formula is C15H30N2O. The lowest BCUT2D eigenvalue weighted by atomic mass is 9.87. The van der Waals surface area contributed by atoms with E-state index in [4.69, 9.17) is 10.5 Å². The molecule has 0 bridgehead atoms. The lowest BCUT2D eigenvalue weighted by molar-refractivity contribution is 0.0752. The smallest absolute Gasteiger partial charge is 0.0576 e. The highest BCUT2D eigenvalue weighted by atomic mass is 16.5. The van der Waals surface area contributed by atoms with E-state index in [1.54, 1.807) is 0 Å². The molecule has 3 atom stereocenters. The minimum absolute atomic E-state index is 0.549. The van der Waals surface area contributed by atoms with Crippen LogP contribution >= 0.6 is 0 Å². The fourth-order valence-electron chi connectivity index (χ4n) is 3.70. The number of hydrogen-bond acceptors (Lipinski definition) is 3. The third kappa shape index (κ3) is 3.69. The fraction of sp³-hybridized carbons (Fsp3) is 1.00. The third-order valence-electron chi connectivity index (χ3n) is 4.79. The average Bonchev–Trinajstić information content (AvgIpc) is 2.91. The molecular weight excluding hydrogens is 224 g/mol. The van der Waals surface area contributed by atoms with E-state index in [9.17, 15) is 0 Å². The van der Waals surface area contributed by atoms with Crippen molar-refractivity contribution < 1.29 is 4.74 Å². The fourth-order valence-corrected chi connectivity index (χ4v) is 3.70. The number of rotatable bonds is 6. The number of hydrogen-bond donors (Lipinski definition) is 1. The maximum atomic E-state index is 5.99. The van der Waals surface area contributed by atoms with Gasteiger partial charge in [0.1, 0.15) is 0 Å². The zero-order valence-electron chi connectivity index (χ0n) is 11.9. The molecule has 3 nitrogen and oxygen atoms in total. The second kappa shape index (κ2) is 7.46. The zero-order chi connectivity index (χ0) is 12.8. The molecule has 0 saturated carbocycles. The van der Waals surface area contributed by atoms with Crippen LogP contribution in [0.1, 0.15) is 51.9 Å². The Kier molecular flexibility index (Phi) is 5.93. The Labute approximate surface area is 112 Å². The van der Waals surface area contributed by atoms with E-state index in [0.29, 0.717) is 12.1 Å². The van der Waals surface area contributed by atoms with Gasteiger partial charge in [-0.2, -0.15) is 0 Å². The van der Waals surface area contributed by atoms with Crippen molar-refractivity contribution in [1.82, 2.24) is 4.90 Å². The van der Waals surface area contributed by atoms with Crippen LogP contribution in [-0.4, -0.2) is 43.3 Å². The molecule has 0 aromatic carbocycles. The number of nitrogens with two attached hydrogens (primary N) is 1. The summed E-state index contributed by atoms with van der Waals surface area (Å²) in [5.41, 5.74) is 5.99. The Bertz CT molecular complexity index is 229. The molecule has 2 heterocycles. The molecule has 2 saturated heterocycles. The van der Waals surface area contributed by atoms with Crippen molar-refractivity contribution in [3.63, 3.8) is 0 Å². The molecule has 0 amide bonds. The van der Waals surface area contributed by atoms with Gasteiger partial charge in [-0.3, -0.25) is 4.90 Å². The van der Waals surface area contributed by atoms with E-state index in [2.05, 4.69) is 11.8 Å². The van der Waals surface area contributed by atoms with E-state index >= 15 is 0 Å². The summed E-state index contributed by atoms with van der Waals surface area (Å²) >= 11 is 0. The first-order valence-corrected chi connectivity index (χ1v) is 7.90. The van der Waals surface area contributed by atoms with Gasteiger partial charge in [0, 0.05) is 19.2 Å². The van der Waals surface area contributed by atoms with Gasteiger partial charge in [0.15, 0.2) is 0 Å². The number of likely N-dealkylation sites (tertiary alicyclic amines) is 1. The molecule has 0 spiro atoms. The highest BCUT2D eigenvalue weighted by molar-refractivity contribution is 4.84. The maximum Gasteiger partial charge on any atom is 0.0576 e. The van der Waals surface area contributed by atoms with E-state index in [-0.39, 0.29) is 0 Å². The van der Waals surface area contributed by atoms with Crippen molar-refractivity contribution in [3.8, 4) is 0 Å². The van der Waals surface area contributed by atoms with Crippen molar-refractivity contribution in [2.75, 3.05) is 26.2 Å². The minimum atomic E-state index is 0.549. The predicted molar refractivity (Wildman–Crippen MR) is 75.6 cm³/mol. The Morgan fingerprint density at radius 3 is 2.83 bits per heavy atom. The van der Waals surface area contributed by atoms with Gasteiger partial charge in [-0.25, -0.2) is 0 Å². The second-order valence-electron chi connectivity index (χ2n) is 5.93. The van der Waals surface area contributed by atoms with E-state index in [0.717, 1.165) is 19.1 Å². The van der Waals surface area contributed by atoms with Crippen LogP contribution in [0.25, 0.3) is 0 Å². The second-order valence-corrected chi connectivity index (χ2v) is 5.93. The van der Waals surface area contributed by atoms with Gasteiger partial charge >= 0.3 is 0 Å². The van der Waals surface area contributed by atoms with Crippen LogP contribution in [-0.2, 0) is 4.74 Å². The third-order valence-corrected chi connectivity index (χ3v) is 4.79. The number of piperidine rings is 1. The monoisotopic (exact) mass is 254 g/mol. The number of nitrogens with zero attached hydrogens (tertiary/aromatic N) is 1. The summed E-state index contributed by atoms with van der Waals surface area (Å²) in [5.74, 6) is 0.825. The van der Waals surface area contributed by atoms with Crippen LogP contribution in [0.15, 0.2) is 0 Å². The molecule has 0 aliphatic carbocycles. The Hall–Kier alpha value is -0.120. The number of ether oxygens (including phenoxy) is 1. The molecule has 18 heavy (non-hydrogen) atoms. The molecule has 106 valence electrons. The molecule has 3 unspecified atom stereocenters. The summed E-state index contributed by atoms with van der Waals surface area (Å²) in [7, 11) is 0. The van der Waals surface area contributed by atoms with Crippen molar-refractivity contribution in [2.24, 2.45) is 11.7 Å². The van der Waals surface area contributed by atoms with Gasteiger partial charge in [-0.05, 0) is 57.5 Å². The Morgan fingerprint density at radius 1 is 1.28 bits per heavy atom. The van der Waals surface area contributed by atoms with E-state index < -0.39 is 0 Å². The predicted octanol–water partition coefficient (Wildman–Crippen LogP) is 2.39. The van der Waals surface area contributed by atoms with Crippen LogP contribution in [0.3, 0.4) is 0 Å². The Morgan fingerprint density at radius 2 is 2.17 bits per heavy atom. The molecule has 0 aromatic rings. The van der Waals surface area contributed by atoms with Gasteiger partial charge < -0.3 is 10.5 Å². The summed E-state index contributed by atoms with van der Waals surface area (Å²) < 4.78 is 5.69. The first-order valence-electron chi connectivity index (χ1n) is 7.90. The van der Waals surface area contributed by atoms with E-state index in [1.165, 1.54) is 58.0 Å². The average molecular weight is 254 g/mol. The van der Waals surface area contributed by atoms with Gasteiger partial charge in [-0.15, -0.1) is 0 Å². The molecule has 2 fully saturated rings. The van der Waals surface area contributed by atoms with Crippen molar-refractivity contribution >= 4 is 0 Å². The largest absolute Gasteiger partial charge is 0.378 e. The first kappa shape index (κ1) is 14.3. The maximum absolute atomic E-state index is 5.99. The Balaban J connectivity index is 1.72. The summed E-state index contributed by atoms with van der Waals surface area (Å²) in [4.78, 5) is 2.65.